The molecular weight excluding hydrogens is 280 g/mol. The first-order chi connectivity index (χ1) is 9.93. The van der Waals surface area contributed by atoms with Gasteiger partial charge in [-0.3, -0.25) is 4.79 Å². The molecule has 0 aromatic rings. The maximum Gasteiger partial charge on any atom is 0.326 e. The Morgan fingerprint density at radius 1 is 1.29 bits per heavy atom. The van der Waals surface area contributed by atoms with Crippen molar-refractivity contribution in [3.05, 3.63) is 0 Å². The zero-order chi connectivity index (χ0) is 15.8. The van der Waals surface area contributed by atoms with Crippen LogP contribution in [0.5, 0.6) is 0 Å². The number of piperidine rings is 1. The molecule has 1 aliphatic heterocycles. The summed E-state index contributed by atoms with van der Waals surface area (Å²) < 4.78 is 0. The Kier molecular flexibility index (Phi) is 6.93. The number of hydrogen-bond acceptors (Lipinski definition) is 4. The first-order valence-electron chi connectivity index (χ1n) is 7.05. The number of nitrogens with zero attached hydrogens (tertiary/aromatic N) is 1. The zero-order valence-electron chi connectivity index (χ0n) is 11.8. The lowest BCUT2D eigenvalue weighted by molar-refractivity contribution is -0.140. The molecule has 1 saturated heterocycles. The van der Waals surface area contributed by atoms with E-state index in [1.54, 1.807) is 0 Å². The van der Waals surface area contributed by atoms with E-state index >= 15 is 0 Å². The fourth-order valence-electron chi connectivity index (χ4n) is 2.43. The molecule has 1 aliphatic rings. The quantitative estimate of drug-likeness (QED) is 0.528. The summed E-state index contributed by atoms with van der Waals surface area (Å²) in [6.07, 6.45) is 1.90. The Hall–Kier alpha value is -1.83. The van der Waals surface area contributed by atoms with Gasteiger partial charge in [0.2, 0.25) is 0 Å². The lowest BCUT2D eigenvalue weighted by Crippen LogP contribution is -2.51. The van der Waals surface area contributed by atoms with Gasteiger partial charge in [0.15, 0.2) is 0 Å². The largest absolute Gasteiger partial charge is 0.481 e. The second kappa shape index (κ2) is 8.46. The number of carboxylic acid groups (broad SMARTS) is 2. The van der Waals surface area contributed by atoms with Crippen molar-refractivity contribution in [2.75, 3.05) is 19.7 Å². The lowest BCUT2D eigenvalue weighted by atomic mass is 9.95. The van der Waals surface area contributed by atoms with E-state index in [1.807, 2.05) is 0 Å². The van der Waals surface area contributed by atoms with E-state index in [9.17, 15) is 14.4 Å². The van der Waals surface area contributed by atoms with Crippen LogP contribution >= 0.6 is 0 Å². The van der Waals surface area contributed by atoms with Crippen LogP contribution in [0.25, 0.3) is 0 Å². The number of nitrogens with one attached hydrogen (secondary N) is 1. The topological polar surface area (TPSA) is 127 Å². The van der Waals surface area contributed by atoms with Crippen LogP contribution in [0.4, 0.5) is 4.79 Å². The molecule has 0 aromatic heterocycles. The van der Waals surface area contributed by atoms with Crippen LogP contribution in [0.1, 0.15) is 32.1 Å². The molecule has 0 aliphatic carbocycles. The van der Waals surface area contributed by atoms with Gasteiger partial charge in [-0.25, -0.2) is 9.59 Å². The van der Waals surface area contributed by atoms with Crippen molar-refractivity contribution in [1.82, 2.24) is 10.2 Å². The normalized spacial score (nSPS) is 19.9. The molecule has 0 bridgehead atoms. The number of amides is 2. The number of hydrogen-bond donors (Lipinski definition) is 4. The first kappa shape index (κ1) is 17.2. The highest BCUT2D eigenvalue weighted by Crippen LogP contribution is 2.19. The van der Waals surface area contributed by atoms with Crippen molar-refractivity contribution in [1.29, 1.82) is 0 Å². The second-order valence-corrected chi connectivity index (χ2v) is 5.24. The van der Waals surface area contributed by atoms with Gasteiger partial charge in [0.1, 0.15) is 6.04 Å². The SMILES string of the molecule is O=C(O)CC[C@H](NC(=O)N1CCCC(CCO)C1)C(=O)O. The number of aliphatic hydroxyl groups is 1. The minimum atomic E-state index is -1.24. The molecule has 1 rings (SSSR count). The predicted molar refractivity (Wildman–Crippen MR) is 72.8 cm³/mol. The fourth-order valence-corrected chi connectivity index (χ4v) is 2.43. The van der Waals surface area contributed by atoms with Gasteiger partial charge in [-0.05, 0) is 31.6 Å². The Labute approximate surface area is 122 Å². The number of carboxylic acids is 2. The van der Waals surface area contributed by atoms with Crippen LogP contribution in [0.3, 0.4) is 0 Å². The number of carbonyl (C=O) groups is 3. The summed E-state index contributed by atoms with van der Waals surface area (Å²) in [5.41, 5.74) is 0. The molecule has 4 N–H and O–H groups in total. The molecule has 0 spiro atoms. The monoisotopic (exact) mass is 302 g/mol. The molecule has 0 saturated carbocycles. The smallest absolute Gasteiger partial charge is 0.326 e. The predicted octanol–water partition coefficient (Wildman–Crippen LogP) is 0.108. The Balaban J connectivity index is 2.52. The number of urea groups is 1. The molecule has 2 amide bonds. The zero-order valence-corrected chi connectivity index (χ0v) is 11.8. The number of carbonyl (C=O) groups excluding carboxylic acids is 1. The van der Waals surface area contributed by atoms with Crippen LogP contribution in [-0.2, 0) is 9.59 Å². The van der Waals surface area contributed by atoms with Crippen molar-refractivity contribution < 1.29 is 29.7 Å². The van der Waals surface area contributed by atoms with Crippen LogP contribution in [0.2, 0.25) is 0 Å². The van der Waals surface area contributed by atoms with E-state index in [2.05, 4.69) is 5.32 Å². The summed E-state index contributed by atoms with van der Waals surface area (Å²) in [6.45, 7) is 1.09. The van der Waals surface area contributed by atoms with Gasteiger partial charge in [-0.2, -0.15) is 0 Å². The Morgan fingerprint density at radius 3 is 2.57 bits per heavy atom. The standard InChI is InChI=1S/C13H22N2O6/c16-7-5-9-2-1-6-15(8-9)13(21)14-10(12(19)20)3-4-11(17)18/h9-10,16H,1-8H2,(H,14,21)(H,17,18)(H,19,20)/t9?,10-/m0/s1. The number of aliphatic carboxylic acids is 2. The first-order valence-corrected chi connectivity index (χ1v) is 7.05. The molecule has 8 nitrogen and oxygen atoms in total. The van der Waals surface area contributed by atoms with Gasteiger partial charge < -0.3 is 25.5 Å². The average Bonchev–Trinajstić information content (AvgIpc) is 2.43. The van der Waals surface area contributed by atoms with Crippen molar-refractivity contribution in [2.45, 2.75) is 38.1 Å². The van der Waals surface area contributed by atoms with E-state index in [4.69, 9.17) is 15.3 Å². The molecule has 1 fully saturated rings. The van der Waals surface area contributed by atoms with E-state index in [-0.39, 0.29) is 25.4 Å². The molecule has 120 valence electrons. The van der Waals surface area contributed by atoms with Gasteiger partial charge in [0.25, 0.3) is 0 Å². The van der Waals surface area contributed by atoms with E-state index in [0.717, 1.165) is 12.8 Å². The van der Waals surface area contributed by atoms with Gasteiger partial charge >= 0.3 is 18.0 Å². The van der Waals surface area contributed by atoms with E-state index in [1.165, 1.54) is 4.90 Å². The fraction of sp³-hybridized carbons (Fsp3) is 0.769. The maximum atomic E-state index is 12.0. The Morgan fingerprint density at radius 2 is 2.00 bits per heavy atom. The minimum Gasteiger partial charge on any atom is -0.481 e. The summed E-state index contributed by atoms with van der Waals surface area (Å²) >= 11 is 0. The Bertz CT molecular complexity index is 385. The van der Waals surface area contributed by atoms with Gasteiger partial charge in [-0.1, -0.05) is 0 Å². The molecule has 0 aromatic carbocycles. The summed E-state index contributed by atoms with van der Waals surface area (Å²) in [4.78, 5) is 35.1. The van der Waals surface area contributed by atoms with Crippen LogP contribution < -0.4 is 5.32 Å². The molecule has 8 heteroatoms. The van der Waals surface area contributed by atoms with Crippen molar-refractivity contribution in [3.63, 3.8) is 0 Å². The molecular formula is C13H22N2O6. The van der Waals surface area contributed by atoms with Crippen LogP contribution in [0, 0.1) is 5.92 Å². The molecule has 1 unspecified atom stereocenters. The summed E-state index contributed by atoms with van der Waals surface area (Å²) in [7, 11) is 0. The van der Waals surface area contributed by atoms with E-state index < -0.39 is 24.0 Å². The lowest BCUT2D eigenvalue weighted by Gasteiger charge is -2.33. The summed E-state index contributed by atoms with van der Waals surface area (Å²) in [5.74, 6) is -2.12. The highest BCUT2D eigenvalue weighted by Gasteiger charge is 2.27. The van der Waals surface area contributed by atoms with Crippen LogP contribution in [-0.4, -0.2) is 63.9 Å². The highest BCUT2D eigenvalue weighted by atomic mass is 16.4. The van der Waals surface area contributed by atoms with E-state index in [0.29, 0.717) is 19.5 Å². The average molecular weight is 302 g/mol. The van der Waals surface area contributed by atoms with Gasteiger partial charge in [0, 0.05) is 26.1 Å². The van der Waals surface area contributed by atoms with Gasteiger partial charge in [-0.15, -0.1) is 0 Å². The third-order valence-electron chi connectivity index (χ3n) is 3.59. The maximum absolute atomic E-state index is 12.0. The summed E-state index contributed by atoms with van der Waals surface area (Å²) in [5, 5.41) is 28.9. The molecule has 2 atom stereocenters. The molecule has 0 radical (unpaired) electrons. The highest BCUT2D eigenvalue weighted by molar-refractivity contribution is 5.83. The van der Waals surface area contributed by atoms with Crippen LogP contribution in [0.15, 0.2) is 0 Å². The summed E-state index contributed by atoms with van der Waals surface area (Å²) in [6, 6.07) is -1.69. The number of aliphatic hydroxyl groups excluding tert-OH is 1. The molecule has 21 heavy (non-hydrogen) atoms. The third kappa shape index (κ3) is 5.99. The minimum absolute atomic E-state index is 0.0660. The van der Waals surface area contributed by atoms with Gasteiger partial charge in [0.05, 0.1) is 0 Å². The van der Waals surface area contributed by atoms with Crippen molar-refractivity contribution >= 4 is 18.0 Å². The number of rotatable bonds is 7. The van der Waals surface area contributed by atoms with Crippen molar-refractivity contribution in [2.24, 2.45) is 5.92 Å². The second-order valence-electron chi connectivity index (χ2n) is 5.24. The number of likely N-dealkylation sites (tertiary alicyclic amines) is 1. The third-order valence-corrected chi connectivity index (χ3v) is 3.59. The van der Waals surface area contributed by atoms with Crippen molar-refractivity contribution in [3.8, 4) is 0 Å². The molecule has 1 heterocycles.